The van der Waals surface area contributed by atoms with E-state index in [1.54, 1.807) is 13.3 Å². The molecule has 1 heterocycles. The molecular formula is C13H21NO2. The van der Waals surface area contributed by atoms with E-state index in [0.29, 0.717) is 6.42 Å². The van der Waals surface area contributed by atoms with Crippen LogP contribution in [0.15, 0.2) is 24.4 Å². The predicted octanol–water partition coefficient (Wildman–Crippen LogP) is 2.19. The highest BCUT2D eigenvalue weighted by atomic mass is 16.5. The predicted molar refractivity (Wildman–Crippen MR) is 64.3 cm³/mol. The molecule has 0 bridgehead atoms. The summed E-state index contributed by atoms with van der Waals surface area (Å²) >= 11 is 0. The Bertz CT molecular complexity index is 298. The van der Waals surface area contributed by atoms with Crippen molar-refractivity contribution in [3.05, 3.63) is 30.1 Å². The van der Waals surface area contributed by atoms with Crippen molar-refractivity contribution < 1.29 is 9.84 Å². The second-order valence-corrected chi connectivity index (χ2v) is 4.68. The largest absolute Gasteiger partial charge is 0.393 e. The van der Waals surface area contributed by atoms with Crippen LogP contribution in [0.3, 0.4) is 0 Å². The van der Waals surface area contributed by atoms with Crippen LogP contribution < -0.4 is 0 Å². The monoisotopic (exact) mass is 223 g/mol. The van der Waals surface area contributed by atoms with Gasteiger partial charge < -0.3 is 9.84 Å². The molecule has 0 saturated carbocycles. The van der Waals surface area contributed by atoms with Crippen molar-refractivity contribution in [2.45, 2.75) is 44.8 Å². The molecule has 0 fully saturated rings. The lowest BCUT2D eigenvalue weighted by Gasteiger charge is -2.24. The topological polar surface area (TPSA) is 42.4 Å². The summed E-state index contributed by atoms with van der Waals surface area (Å²) in [4.78, 5) is 4.19. The van der Waals surface area contributed by atoms with Gasteiger partial charge in [-0.15, -0.1) is 0 Å². The summed E-state index contributed by atoms with van der Waals surface area (Å²) in [6.45, 7) is 4.06. The molecule has 0 saturated heterocycles. The minimum Gasteiger partial charge on any atom is -0.393 e. The van der Waals surface area contributed by atoms with E-state index < -0.39 is 0 Å². The third-order valence-corrected chi connectivity index (χ3v) is 2.80. The molecule has 0 aliphatic heterocycles. The Morgan fingerprint density at radius 1 is 1.44 bits per heavy atom. The smallest absolute Gasteiger partial charge is 0.0623 e. The molecule has 0 aromatic carbocycles. The molecule has 1 N–H and O–H groups in total. The molecule has 0 aliphatic rings. The van der Waals surface area contributed by atoms with Crippen molar-refractivity contribution in [3.63, 3.8) is 0 Å². The van der Waals surface area contributed by atoms with Crippen molar-refractivity contribution >= 4 is 0 Å². The number of nitrogens with zero attached hydrogens (tertiary/aromatic N) is 1. The lowest BCUT2D eigenvalue weighted by Crippen LogP contribution is -2.25. The van der Waals surface area contributed by atoms with Crippen molar-refractivity contribution in [2.75, 3.05) is 7.11 Å². The van der Waals surface area contributed by atoms with E-state index in [1.165, 1.54) is 0 Å². The number of hydrogen-bond acceptors (Lipinski definition) is 3. The van der Waals surface area contributed by atoms with Gasteiger partial charge in [-0.3, -0.25) is 4.98 Å². The highest BCUT2D eigenvalue weighted by Crippen LogP contribution is 2.17. The highest BCUT2D eigenvalue weighted by molar-refractivity contribution is 5.04. The third kappa shape index (κ3) is 4.73. The standard InChI is InChI=1S/C13H21NO2/c1-13(2,16-3)8-7-12(15)10-11-6-4-5-9-14-11/h4-6,9,12,15H,7-8,10H2,1-3H3. The van der Waals surface area contributed by atoms with Gasteiger partial charge in [-0.05, 0) is 38.8 Å². The number of ether oxygens (including phenoxy) is 1. The molecule has 0 radical (unpaired) electrons. The average molecular weight is 223 g/mol. The fourth-order valence-corrected chi connectivity index (χ4v) is 1.48. The number of aliphatic hydroxyl groups is 1. The van der Waals surface area contributed by atoms with Crippen molar-refractivity contribution in [1.82, 2.24) is 4.98 Å². The molecule has 3 heteroatoms. The van der Waals surface area contributed by atoms with Gasteiger partial charge in [0.05, 0.1) is 11.7 Å². The van der Waals surface area contributed by atoms with Crippen LogP contribution in [-0.2, 0) is 11.2 Å². The first-order valence-corrected chi connectivity index (χ1v) is 5.66. The molecule has 1 aromatic heterocycles. The molecule has 1 unspecified atom stereocenters. The maximum absolute atomic E-state index is 9.87. The number of hydrogen-bond donors (Lipinski definition) is 1. The molecule has 3 nitrogen and oxygen atoms in total. The Morgan fingerprint density at radius 2 is 2.19 bits per heavy atom. The maximum atomic E-state index is 9.87. The molecular weight excluding hydrogens is 202 g/mol. The van der Waals surface area contributed by atoms with Crippen LogP contribution in [-0.4, -0.2) is 28.9 Å². The lowest BCUT2D eigenvalue weighted by atomic mass is 9.98. The Balaban J connectivity index is 2.34. The van der Waals surface area contributed by atoms with Crippen LogP contribution in [0.2, 0.25) is 0 Å². The first-order chi connectivity index (χ1) is 7.53. The maximum Gasteiger partial charge on any atom is 0.0623 e. The number of pyridine rings is 1. The van der Waals surface area contributed by atoms with Crippen LogP contribution in [0.1, 0.15) is 32.4 Å². The fourth-order valence-electron chi connectivity index (χ4n) is 1.48. The zero-order valence-electron chi connectivity index (χ0n) is 10.3. The number of aliphatic hydroxyl groups excluding tert-OH is 1. The van der Waals surface area contributed by atoms with Gasteiger partial charge in [0.1, 0.15) is 0 Å². The van der Waals surface area contributed by atoms with Crippen LogP contribution in [0.5, 0.6) is 0 Å². The van der Waals surface area contributed by atoms with Crippen molar-refractivity contribution in [3.8, 4) is 0 Å². The Kier molecular flexibility index (Phi) is 4.90. The van der Waals surface area contributed by atoms with Gasteiger partial charge in [0.15, 0.2) is 0 Å². The van der Waals surface area contributed by atoms with Gasteiger partial charge >= 0.3 is 0 Å². The van der Waals surface area contributed by atoms with E-state index in [0.717, 1.165) is 18.5 Å². The first kappa shape index (κ1) is 13.1. The van der Waals surface area contributed by atoms with Gasteiger partial charge in [0, 0.05) is 25.4 Å². The lowest BCUT2D eigenvalue weighted by molar-refractivity contribution is 0.00298. The summed E-state index contributed by atoms with van der Waals surface area (Å²) in [6.07, 6.45) is 3.60. The Labute approximate surface area is 97.5 Å². The minimum absolute atomic E-state index is 0.162. The number of methoxy groups -OCH3 is 1. The average Bonchev–Trinajstić information content (AvgIpc) is 2.28. The van der Waals surface area contributed by atoms with Gasteiger partial charge in [0.25, 0.3) is 0 Å². The van der Waals surface area contributed by atoms with Crippen molar-refractivity contribution in [1.29, 1.82) is 0 Å². The molecule has 0 aliphatic carbocycles. The molecule has 0 spiro atoms. The summed E-state index contributed by atoms with van der Waals surface area (Å²) in [5.41, 5.74) is 0.774. The summed E-state index contributed by atoms with van der Waals surface area (Å²) < 4.78 is 5.31. The molecule has 16 heavy (non-hydrogen) atoms. The molecule has 1 atom stereocenters. The highest BCUT2D eigenvalue weighted by Gasteiger charge is 2.18. The van der Waals surface area contributed by atoms with Gasteiger partial charge in [-0.25, -0.2) is 0 Å². The fraction of sp³-hybridized carbons (Fsp3) is 0.615. The van der Waals surface area contributed by atoms with E-state index in [-0.39, 0.29) is 11.7 Å². The zero-order valence-corrected chi connectivity index (χ0v) is 10.3. The minimum atomic E-state index is -0.343. The number of aromatic nitrogens is 1. The van der Waals surface area contributed by atoms with E-state index in [2.05, 4.69) is 4.98 Å². The van der Waals surface area contributed by atoms with Gasteiger partial charge in [-0.2, -0.15) is 0 Å². The normalized spacial score (nSPS) is 13.8. The van der Waals surface area contributed by atoms with E-state index in [1.807, 2.05) is 32.0 Å². The van der Waals surface area contributed by atoms with Crippen LogP contribution >= 0.6 is 0 Å². The van der Waals surface area contributed by atoms with E-state index in [4.69, 9.17) is 4.74 Å². The zero-order chi connectivity index (χ0) is 12.0. The molecule has 1 aromatic rings. The van der Waals surface area contributed by atoms with Crippen LogP contribution in [0.25, 0.3) is 0 Å². The van der Waals surface area contributed by atoms with Crippen LogP contribution in [0, 0.1) is 0 Å². The van der Waals surface area contributed by atoms with Crippen LogP contribution in [0.4, 0.5) is 0 Å². The Hall–Kier alpha value is -0.930. The molecule has 90 valence electrons. The van der Waals surface area contributed by atoms with E-state index in [9.17, 15) is 5.11 Å². The van der Waals surface area contributed by atoms with E-state index >= 15 is 0 Å². The summed E-state index contributed by atoms with van der Waals surface area (Å²) in [6, 6.07) is 5.75. The third-order valence-electron chi connectivity index (χ3n) is 2.80. The number of rotatable bonds is 6. The second kappa shape index (κ2) is 5.97. The molecule has 0 amide bonds. The molecule has 1 rings (SSSR count). The summed E-state index contributed by atoms with van der Waals surface area (Å²) in [7, 11) is 1.70. The van der Waals surface area contributed by atoms with Gasteiger partial charge in [0.2, 0.25) is 0 Å². The second-order valence-electron chi connectivity index (χ2n) is 4.68. The summed E-state index contributed by atoms with van der Waals surface area (Å²) in [5, 5.41) is 9.87. The Morgan fingerprint density at radius 3 is 2.75 bits per heavy atom. The SMILES string of the molecule is COC(C)(C)CCC(O)Cc1ccccn1. The van der Waals surface area contributed by atoms with Gasteiger partial charge in [-0.1, -0.05) is 6.07 Å². The quantitative estimate of drug-likeness (QED) is 0.804. The first-order valence-electron chi connectivity index (χ1n) is 5.66. The van der Waals surface area contributed by atoms with Crippen molar-refractivity contribution in [2.24, 2.45) is 0 Å². The summed E-state index contributed by atoms with van der Waals surface area (Å²) in [5.74, 6) is 0.